The predicted molar refractivity (Wildman–Crippen MR) is 125 cm³/mol. The molecule has 0 bridgehead atoms. The van der Waals surface area contributed by atoms with Crippen LogP contribution in [0, 0.1) is 0 Å². The molecule has 0 aliphatic rings. The van der Waals surface area contributed by atoms with E-state index in [-0.39, 0.29) is 11.7 Å². The van der Waals surface area contributed by atoms with E-state index < -0.39 is 5.97 Å². The maximum absolute atomic E-state index is 12.4. The summed E-state index contributed by atoms with van der Waals surface area (Å²) in [6, 6.07) is 18.6. The molecule has 0 saturated carbocycles. The Morgan fingerprint density at radius 1 is 1.00 bits per heavy atom. The molecule has 3 aromatic rings. The minimum Gasteiger partial charge on any atom is -0.494 e. The van der Waals surface area contributed by atoms with Crippen molar-refractivity contribution in [1.29, 1.82) is 0 Å². The smallest absolute Gasteiger partial charge is 0.343 e. The zero-order chi connectivity index (χ0) is 22.9. The molecule has 0 spiro atoms. The number of hydrogen-bond acceptors (Lipinski definition) is 6. The number of nitrogens with one attached hydrogen (secondary N) is 1. The molecular weight excluding hydrogens is 476 g/mol. The average molecular weight is 497 g/mol. The van der Waals surface area contributed by atoms with E-state index in [1.54, 1.807) is 60.7 Å². The van der Waals surface area contributed by atoms with Gasteiger partial charge in [0.25, 0.3) is 5.91 Å². The molecule has 3 aromatic carbocycles. The maximum Gasteiger partial charge on any atom is 0.343 e. The zero-order valence-electron chi connectivity index (χ0n) is 17.5. The fourth-order valence-corrected chi connectivity index (χ4v) is 3.12. The van der Waals surface area contributed by atoms with Crippen molar-refractivity contribution in [3.8, 4) is 17.2 Å². The molecule has 0 atom stereocenters. The van der Waals surface area contributed by atoms with E-state index in [0.29, 0.717) is 34.8 Å². The normalized spacial score (nSPS) is 10.6. The van der Waals surface area contributed by atoms with Crippen LogP contribution in [0.1, 0.15) is 33.2 Å². The Bertz CT molecular complexity index is 1130. The number of methoxy groups -OCH3 is 1. The maximum atomic E-state index is 12.4. The summed E-state index contributed by atoms with van der Waals surface area (Å²) in [5.41, 5.74) is 3.98. The average Bonchev–Trinajstić information content (AvgIpc) is 2.80. The van der Waals surface area contributed by atoms with Gasteiger partial charge in [-0.05, 0) is 73.2 Å². The van der Waals surface area contributed by atoms with Crippen molar-refractivity contribution in [3.63, 3.8) is 0 Å². The van der Waals surface area contributed by atoms with E-state index in [0.717, 1.165) is 4.47 Å². The van der Waals surface area contributed by atoms with E-state index in [9.17, 15) is 9.59 Å². The van der Waals surface area contributed by atoms with Crippen LogP contribution in [-0.4, -0.2) is 31.8 Å². The first-order valence-corrected chi connectivity index (χ1v) is 10.5. The Kier molecular flexibility index (Phi) is 7.99. The number of ether oxygens (including phenoxy) is 3. The molecule has 1 amide bonds. The van der Waals surface area contributed by atoms with Crippen LogP contribution in [0.4, 0.5) is 0 Å². The van der Waals surface area contributed by atoms with Gasteiger partial charge in [-0.25, -0.2) is 10.2 Å². The molecule has 0 aromatic heterocycles. The minimum absolute atomic E-state index is 0.265. The highest BCUT2D eigenvalue weighted by molar-refractivity contribution is 9.10. The summed E-state index contributed by atoms with van der Waals surface area (Å²) in [5.74, 6) is 0.440. The van der Waals surface area contributed by atoms with Crippen molar-refractivity contribution in [2.45, 2.75) is 6.92 Å². The first-order valence-electron chi connectivity index (χ1n) is 9.72. The van der Waals surface area contributed by atoms with Gasteiger partial charge in [0.05, 0.1) is 25.5 Å². The molecule has 0 radical (unpaired) electrons. The monoisotopic (exact) mass is 496 g/mol. The molecule has 1 N–H and O–H groups in total. The van der Waals surface area contributed by atoms with Crippen molar-refractivity contribution in [2.24, 2.45) is 5.10 Å². The number of rotatable bonds is 8. The fourth-order valence-electron chi connectivity index (χ4n) is 2.72. The Morgan fingerprint density at radius 2 is 1.78 bits per heavy atom. The van der Waals surface area contributed by atoms with Crippen LogP contribution in [0.3, 0.4) is 0 Å². The molecule has 7 nitrogen and oxygen atoms in total. The largest absolute Gasteiger partial charge is 0.494 e. The molecule has 32 heavy (non-hydrogen) atoms. The second-order valence-electron chi connectivity index (χ2n) is 6.47. The Morgan fingerprint density at radius 3 is 2.47 bits per heavy atom. The van der Waals surface area contributed by atoms with Crippen LogP contribution >= 0.6 is 15.9 Å². The fraction of sp³-hybridized carbons (Fsp3) is 0.125. The third-order valence-electron chi connectivity index (χ3n) is 4.26. The molecular formula is C24H21BrN2O5. The van der Waals surface area contributed by atoms with E-state index in [2.05, 4.69) is 26.5 Å². The van der Waals surface area contributed by atoms with Gasteiger partial charge in [-0.1, -0.05) is 22.0 Å². The summed E-state index contributed by atoms with van der Waals surface area (Å²) >= 11 is 3.33. The number of carbonyl (C=O) groups excluding carboxylic acids is 2. The lowest BCUT2D eigenvalue weighted by Crippen LogP contribution is -2.17. The van der Waals surface area contributed by atoms with Crippen molar-refractivity contribution in [1.82, 2.24) is 5.43 Å². The molecule has 8 heteroatoms. The van der Waals surface area contributed by atoms with Crippen LogP contribution in [-0.2, 0) is 0 Å². The standard InChI is InChI=1S/C24H21BrN2O5/c1-3-31-20-10-8-17(9-11-20)24(29)32-21-12-7-16(13-22(21)30-2)15-26-27-23(28)18-5-4-6-19(25)14-18/h4-15H,3H2,1-2H3,(H,27,28)/b26-15+. The summed E-state index contributed by atoms with van der Waals surface area (Å²) in [6.45, 7) is 2.43. The molecule has 0 aliphatic heterocycles. The van der Waals surface area contributed by atoms with Gasteiger partial charge in [0.1, 0.15) is 5.75 Å². The van der Waals surface area contributed by atoms with E-state index >= 15 is 0 Å². The second-order valence-corrected chi connectivity index (χ2v) is 7.38. The molecule has 0 saturated heterocycles. The minimum atomic E-state index is -0.519. The van der Waals surface area contributed by atoms with Gasteiger partial charge in [-0.3, -0.25) is 4.79 Å². The van der Waals surface area contributed by atoms with Crippen molar-refractivity contribution in [2.75, 3.05) is 13.7 Å². The number of carbonyl (C=O) groups is 2. The van der Waals surface area contributed by atoms with Crippen LogP contribution in [0.25, 0.3) is 0 Å². The molecule has 0 aliphatic carbocycles. The zero-order valence-corrected chi connectivity index (χ0v) is 19.1. The summed E-state index contributed by atoms with van der Waals surface area (Å²) in [4.78, 5) is 24.6. The van der Waals surface area contributed by atoms with Gasteiger partial charge < -0.3 is 14.2 Å². The van der Waals surface area contributed by atoms with Crippen molar-refractivity contribution >= 4 is 34.0 Å². The predicted octanol–water partition coefficient (Wildman–Crippen LogP) is 4.84. The highest BCUT2D eigenvalue weighted by Gasteiger charge is 2.13. The van der Waals surface area contributed by atoms with Crippen molar-refractivity contribution < 1.29 is 23.8 Å². The van der Waals surface area contributed by atoms with Crippen LogP contribution < -0.4 is 19.6 Å². The number of hydrazone groups is 1. The lowest BCUT2D eigenvalue weighted by atomic mass is 10.2. The van der Waals surface area contributed by atoms with E-state index in [1.165, 1.54) is 13.3 Å². The number of esters is 1. The third kappa shape index (κ3) is 6.18. The van der Waals surface area contributed by atoms with Gasteiger partial charge in [0.15, 0.2) is 11.5 Å². The first kappa shape index (κ1) is 23.0. The molecule has 164 valence electrons. The second kappa shape index (κ2) is 11.1. The summed E-state index contributed by atoms with van der Waals surface area (Å²) in [6.07, 6.45) is 1.47. The highest BCUT2D eigenvalue weighted by atomic mass is 79.9. The molecule has 0 unspecified atom stereocenters. The van der Waals surface area contributed by atoms with Gasteiger partial charge in [0.2, 0.25) is 0 Å². The number of benzene rings is 3. The highest BCUT2D eigenvalue weighted by Crippen LogP contribution is 2.28. The Balaban J connectivity index is 1.65. The Hall–Kier alpha value is -3.65. The number of halogens is 1. The Labute approximate surface area is 194 Å². The summed E-state index contributed by atoms with van der Waals surface area (Å²) < 4.78 is 17.0. The van der Waals surface area contributed by atoms with Crippen molar-refractivity contribution in [3.05, 3.63) is 87.9 Å². The van der Waals surface area contributed by atoms with E-state index in [1.807, 2.05) is 13.0 Å². The molecule has 0 heterocycles. The number of amides is 1. The SMILES string of the molecule is CCOc1ccc(C(=O)Oc2ccc(/C=N/NC(=O)c3cccc(Br)c3)cc2OC)cc1. The van der Waals surface area contributed by atoms with Gasteiger partial charge >= 0.3 is 5.97 Å². The molecule has 3 rings (SSSR count). The number of hydrogen-bond donors (Lipinski definition) is 1. The lowest BCUT2D eigenvalue weighted by Gasteiger charge is -2.10. The quantitative estimate of drug-likeness (QED) is 0.208. The summed E-state index contributed by atoms with van der Waals surface area (Å²) in [7, 11) is 1.47. The van der Waals surface area contributed by atoms with E-state index in [4.69, 9.17) is 14.2 Å². The third-order valence-corrected chi connectivity index (χ3v) is 4.75. The van der Waals surface area contributed by atoms with Crippen LogP contribution in [0.5, 0.6) is 17.2 Å². The number of nitrogens with zero attached hydrogens (tertiary/aromatic N) is 1. The van der Waals surface area contributed by atoms with Gasteiger partial charge in [0, 0.05) is 10.0 Å². The van der Waals surface area contributed by atoms with Gasteiger partial charge in [-0.15, -0.1) is 0 Å². The van der Waals surface area contributed by atoms with Crippen LogP contribution in [0.15, 0.2) is 76.3 Å². The molecule has 0 fully saturated rings. The van der Waals surface area contributed by atoms with Crippen LogP contribution in [0.2, 0.25) is 0 Å². The van der Waals surface area contributed by atoms with Gasteiger partial charge in [-0.2, -0.15) is 5.10 Å². The first-order chi connectivity index (χ1) is 15.5. The topological polar surface area (TPSA) is 86.2 Å². The lowest BCUT2D eigenvalue weighted by molar-refractivity contribution is 0.0729. The summed E-state index contributed by atoms with van der Waals surface area (Å²) in [5, 5.41) is 3.97.